The Bertz CT molecular complexity index is 1740. The summed E-state index contributed by atoms with van der Waals surface area (Å²) >= 11 is 0. The van der Waals surface area contributed by atoms with Crippen LogP contribution < -0.4 is 4.18 Å². The van der Waals surface area contributed by atoms with E-state index >= 15 is 0 Å². The van der Waals surface area contributed by atoms with E-state index in [9.17, 15) is 43.5 Å². The van der Waals surface area contributed by atoms with Gasteiger partial charge in [0.15, 0.2) is 0 Å². The number of hydrogen-bond acceptors (Lipinski definition) is 4. The molecule has 0 radical (unpaired) electrons. The van der Waals surface area contributed by atoms with Gasteiger partial charge in [-0.3, -0.25) is 4.68 Å². The van der Waals surface area contributed by atoms with Gasteiger partial charge in [-0.15, -0.1) is 0 Å². The maximum atomic E-state index is 14.0. The number of aryl methyl sites for hydroxylation is 2. The summed E-state index contributed by atoms with van der Waals surface area (Å²) in [5.74, 6) is -14.5. The van der Waals surface area contributed by atoms with Crippen molar-refractivity contribution >= 4 is 10.1 Å². The smallest absolute Gasteiger partial charge is 0.372 e. The largest absolute Gasteiger partial charge is 0.416 e. The van der Waals surface area contributed by atoms with Crippen LogP contribution in [0.2, 0.25) is 0 Å². The van der Waals surface area contributed by atoms with Crippen LogP contribution in [0.25, 0.3) is 11.3 Å². The van der Waals surface area contributed by atoms with Crippen LogP contribution in [0.5, 0.6) is 5.75 Å². The summed E-state index contributed by atoms with van der Waals surface area (Å²) in [6, 6.07) is 8.39. The Balaban J connectivity index is 1.53. The number of nitrogens with zero attached hydrogens (tertiary/aromatic N) is 2. The molecular formula is C26H16F8N2O3S. The number of alkyl halides is 3. The first-order chi connectivity index (χ1) is 18.7. The Morgan fingerprint density at radius 1 is 0.875 bits per heavy atom. The molecule has 210 valence electrons. The second-order valence-corrected chi connectivity index (χ2v) is 10.6. The summed E-state index contributed by atoms with van der Waals surface area (Å²) in [6.45, 7) is 0. The van der Waals surface area contributed by atoms with Crippen molar-refractivity contribution in [1.29, 1.82) is 0 Å². The standard InChI is InChI=1S/C26H16F8N2O3S/c1-36-19(8-9-35-36)18-11-13(26(32,33)34)3-6-17(18)16-5-2-12-10-14(4-7-15(12)16)40(37,38)39-25-23(30)21(28)20(27)22(29)24(25)31/h3-4,6-11,16H,2,5H2,1H3/t16-/m0/s1. The molecule has 0 saturated carbocycles. The van der Waals surface area contributed by atoms with Crippen molar-refractivity contribution in [3.8, 4) is 17.0 Å². The van der Waals surface area contributed by atoms with Crippen LogP contribution in [0, 0.1) is 29.1 Å². The predicted octanol–water partition coefficient (Wildman–Crippen LogP) is 6.65. The lowest BCUT2D eigenvalue weighted by Gasteiger charge is -2.19. The van der Waals surface area contributed by atoms with Crippen molar-refractivity contribution in [1.82, 2.24) is 9.78 Å². The Labute approximate surface area is 221 Å². The van der Waals surface area contributed by atoms with Crippen molar-refractivity contribution in [3.05, 3.63) is 100 Å². The molecule has 5 nitrogen and oxygen atoms in total. The maximum Gasteiger partial charge on any atom is 0.416 e. The first-order valence-corrected chi connectivity index (χ1v) is 12.9. The Kier molecular flexibility index (Phi) is 6.63. The minimum absolute atomic E-state index is 0.276. The summed E-state index contributed by atoms with van der Waals surface area (Å²) in [5, 5.41) is 4.03. The zero-order valence-corrected chi connectivity index (χ0v) is 21.0. The van der Waals surface area contributed by atoms with E-state index in [-0.39, 0.29) is 12.0 Å². The maximum absolute atomic E-state index is 14.0. The number of aromatic nitrogens is 2. The molecule has 5 rings (SSSR count). The highest BCUT2D eigenvalue weighted by molar-refractivity contribution is 7.87. The Morgan fingerprint density at radius 3 is 2.10 bits per heavy atom. The van der Waals surface area contributed by atoms with E-state index in [4.69, 9.17) is 0 Å². The number of fused-ring (bicyclic) bond motifs is 1. The van der Waals surface area contributed by atoms with E-state index in [1.165, 1.54) is 23.0 Å². The van der Waals surface area contributed by atoms with Crippen LogP contribution in [0.1, 0.15) is 34.6 Å². The molecule has 0 N–H and O–H groups in total. The second-order valence-electron chi connectivity index (χ2n) is 9.03. The Hall–Kier alpha value is -3.94. The number of hydrogen-bond donors (Lipinski definition) is 0. The van der Waals surface area contributed by atoms with E-state index in [1.54, 1.807) is 13.1 Å². The molecular weight excluding hydrogens is 572 g/mol. The first kappa shape index (κ1) is 27.6. The third kappa shape index (κ3) is 4.59. The van der Waals surface area contributed by atoms with Gasteiger partial charge >= 0.3 is 16.3 Å². The lowest BCUT2D eigenvalue weighted by molar-refractivity contribution is -0.137. The SMILES string of the molecule is Cn1nccc1-c1cc(C(F)(F)F)ccc1[C@H]1CCc2cc(S(=O)(=O)Oc3c(F)c(F)c(F)c(F)c3F)ccc21. The van der Waals surface area contributed by atoms with Gasteiger partial charge in [0.2, 0.25) is 34.8 Å². The molecule has 1 aliphatic carbocycles. The predicted molar refractivity (Wildman–Crippen MR) is 124 cm³/mol. The molecule has 0 saturated heterocycles. The van der Waals surface area contributed by atoms with E-state index in [0.717, 1.165) is 24.3 Å². The van der Waals surface area contributed by atoms with Crippen LogP contribution in [0.3, 0.4) is 0 Å². The zero-order chi connectivity index (χ0) is 29.1. The van der Waals surface area contributed by atoms with Crippen molar-refractivity contribution in [2.75, 3.05) is 0 Å². The van der Waals surface area contributed by atoms with Gasteiger partial charge < -0.3 is 4.18 Å². The third-order valence-corrected chi connectivity index (χ3v) is 7.91. The molecule has 3 aromatic carbocycles. The van der Waals surface area contributed by atoms with Gasteiger partial charge in [0.1, 0.15) is 4.90 Å². The molecule has 0 bridgehead atoms. The van der Waals surface area contributed by atoms with Gasteiger partial charge in [0.05, 0.1) is 11.3 Å². The van der Waals surface area contributed by atoms with Crippen LogP contribution in [-0.2, 0) is 29.8 Å². The third-order valence-electron chi connectivity index (χ3n) is 6.70. The molecule has 0 fully saturated rings. The van der Waals surface area contributed by atoms with Crippen molar-refractivity contribution in [2.45, 2.75) is 29.8 Å². The van der Waals surface area contributed by atoms with Gasteiger partial charge in [-0.1, -0.05) is 12.1 Å². The minimum atomic E-state index is -5.05. The van der Waals surface area contributed by atoms with E-state index in [0.29, 0.717) is 28.8 Å². The van der Waals surface area contributed by atoms with Crippen molar-refractivity contribution in [2.24, 2.45) is 7.05 Å². The lowest BCUT2D eigenvalue weighted by Crippen LogP contribution is -2.15. The average molecular weight is 588 g/mol. The molecule has 0 unspecified atom stereocenters. The molecule has 0 spiro atoms. The summed E-state index contributed by atoms with van der Waals surface area (Å²) in [7, 11) is -3.48. The highest BCUT2D eigenvalue weighted by Crippen LogP contribution is 2.44. The van der Waals surface area contributed by atoms with Gasteiger partial charge in [-0.2, -0.15) is 35.5 Å². The van der Waals surface area contributed by atoms with E-state index in [1.807, 2.05) is 0 Å². The summed E-state index contributed by atoms with van der Waals surface area (Å²) < 4.78 is 140. The van der Waals surface area contributed by atoms with Crippen LogP contribution in [-0.4, -0.2) is 18.2 Å². The molecule has 0 amide bonds. The van der Waals surface area contributed by atoms with Crippen LogP contribution >= 0.6 is 0 Å². The topological polar surface area (TPSA) is 61.2 Å². The van der Waals surface area contributed by atoms with Gasteiger partial charge in [0.25, 0.3) is 0 Å². The first-order valence-electron chi connectivity index (χ1n) is 11.5. The molecule has 14 heteroatoms. The fourth-order valence-corrected chi connectivity index (χ4v) is 5.77. The summed E-state index contributed by atoms with van der Waals surface area (Å²) in [5.41, 5.74) is 1.39. The normalized spacial score (nSPS) is 15.4. The fourth-order valence-electron chi connectivity index (χ4n) is 4.78. The molecule has 40 heavy (non-hydrogen) atoms. The minimum Gasteiger partial charge on any atom is -0.372 e. The molecule has 1 heterocycles. The van der Waals surface area contributed by atoms with Crippen LogP contribution in [0.4, 0.5) is 35.1 Å². The summed E-state index contributed by atoms with van der Waals surface area (Å²) in [6.07, 6.45) is -2.51. The quantitative estimate of drug-likeness (QED) is 0.113. The highest BCUT2D eigenvalue weighted by Gasteiger charge is 2.35. The summed E-state index contributed by atoms with van der Waals surface area (Å²) in [4.78, 5) is -0.616. The number of halogens is 8. The van der Waals surface area contributed by atoms with E-state index < -0.39 is 67.5 Å². The van der Waals surface area contributed by atoms with Gasteiger partial charge in [-0.05, 0) is 59.9 Å². The second kappa shape index (κ2) is 9.61. The van der Waals surface area contributed by atoms with Gasteiger partial charge in [0, 0.05) is 24.7 Å². The zero-order valence-electron chi connectivity index (χ0n) is 20.2. The molecule has 1 atom stereocenters. The molecule has 4 aromatic rings. The van der Waals surface area contributed by atoms with Crippen molar-refractivity contribution in [3.63, 3.8) is 0 Å². The number of rotatable bonds is 5. The highest BCUT2D eigenvalue weighted by atomic mass is 32.2. The number of benzene rings is 3. The monoisotopic (exact) mass is 588 g/mol. The average Bonchev–Trinajstić information content (AvgIpc) is 3.53. The molecule has 0 aliphatic heterocycles. The molecule has 1 aliphatic rings. The molecule has 1 aromatic heterocycles. The van der Waals surface area contributed by atoms with Crippen molar-refractivity contribution < 1.29 is 47.7 Å². The van der Waals surface area contributed by atoms with Gasteiger partial charge in [-0.25, -0.2) is 13.2 Å². The fraction of sp³-hybridized carbons (Fsp3) is 0.192. The lowest BCUT2D eigenvalue weighted by atomic mass is 9.87. The van der Waals surface area contributed by atoms with E-state index in [2.05, 4.69) is 9.28 Å². The van der Waals surface area contributed by atoms with Crippen LogP contribution in [0.15, 0.2) is 53.6 Å². The Morgan fingerprint density at radius 2 is 1.50 bits per heavy atom.